The van der Waals surface area contributed by atoms with E-state index in [1.807, 2.05) is 0 Å². The molecular weight excluding hydrogens is 336 g/mol. The summed E-state index contributed by atoms with van der Waals surface area (Å²) in [5.41, 5.74) is -0.0541. The smallest absolute Gasteiger partial charge is 0.407 e. The topological polar surface area (TPSA) is 93.8 Å². The second-order valence-corrected chi connectivity index (χ2v) is 6.73. The molecule has 0 spiro atoms. The van der Waals surface area contributed by atoms with Crippen molar-refractivity contribution in [3.63, 3.8) is 0 Å². The number of carbonyl (C=O) groups is 1. The Morgan fingerprint density at radius 2 is 2.21 bits per heavy atom. The summed E-state index contributed by atoms with van der Waals surface area (Å²) in [6, 6.07) is 4.64. The third-order valence-corrected chi connectivity index (χ3v) is 3.25. The molecule has 2 rings (SSSR count). The van der Waals surface area contributed by atoms with Gasteiger partial charge in [-0.1, -0.05) is 11.6 Å². The van der Waals surface area contributed by atoms with Crippen LogP contribution < -0.4 is 10.1 Å². The van der Waals surface area contributed by atoms with Gasteiger partial charge in [-0.3, -0.25) is 0 Å². The molecular formula is C16H21ClN2O5. The maximum Gasteiger partial charge on any atom is 0.407 e. The Balaban J connectivity index is 1.99. The minimum absolute atomic E-state index is 0.102. The van der Waals surface area contributed by atoms with E-state index >= 15 is 0 Å². The Kier molecular flexibility index (Phi) is 5.90. The first kappa shape index (κ1) is 18.4. The lowest BCUT2D eigenvalue weighted by Crippen LogP contribution is -2.42. The molecule has 24 heavy (non-hydrogen) atoms. The average Bonchev–Trinajstić information content (AvgIpc) is 2.85. The van der Waals surface area contributed by atoms with Crippen LogP contribution in [0.3, 0.4) is 0 Å². The van der Waals surface area contributed by atoms with Gasteiger partial charge in [0.2, 0.25) is 0 Å². The number of aromatic nitrogens is 1. The molecule has 0 bridgehead atoms. The first-order valence-electron chi connectivity index (χ1n) is 7.56. The second kappa shape index (κ2) is 7.72. The fourth-order valence-electron chi connectivity index (χ4n) is 2.00. The van der Waals surface area contributed by atoms with Crippen LogP contribution in [0.15, 0.2) is 22.7 Å². The Hall–Kier alpha value is -1.99. The second-order valence-electron chi connectivity index (χ2n) is 6.29. The van der Waals surface area contributed by atoms with Crippen LogP contribution >= 0.6 is 11.6 Å². The monoisotopic (exact) mass is 356 g/mol. The van der Waals surface area contributed by atoms with Gasteiger partial charge >= 0.3 is 6.09 Å². The molecule has 0 saturated carbocycles. The number of amides is 1. The van der Waals surface area contributed by atoms with Crippen molar-refractivity contribution in [3.05, 3.63) is 23.2 Å². The lowest BCUT2D eigenvalue weighted by atomic mass is 10.2. The van der Waals surface area contributed by atoms with Crippen LogP contribution in [0.1, 0.15) is 27.2 Å². The lowest BCUT2D eigenvalue weighted by Gasteiger charge is -2.23. The molecule has 2 N–H and O–H groups in total. The fourth-order valence-corrected chi connectivity index (χ4v) is 2.17. The van der Waals surface area contributed by atoms with Gasteiger partial charge in [0, 0.05) is 11.6 Å². The summed E-state index contributed by atoms with van der Waals surface area (Å²) < 4.78 is 16.0. The van der Waals surface area contributed by atoms with Gasteiger partial charge in [0.1, 0.15) is 12.2 Å². The summed E-state index contributed by atoms with van der Waals surface area (Å²) in [6.45, 7) is 5.32. The molecule has 1 aromatic carbocycles. The van der Waals surface area contributed by atoms with Crippen LogP contribution in [0.4, 0.5) is 4.79 Å². The summed E-state index contributed by atoms with van der Waals surface area (Å²) in [4.78, 5) is 11.8. The first-order chi connectivity index (χ1) is 11.3. The van der Waals surface area contributed by atoms with Gasteiger partial charge < -0.3 is 24.4 Å². The zero-order chi connectivity index (χ0) is 17.7. The van der Waals surface area contributed by atoms with Crippen LogP contribution in [0.5, 0.6) is 5.88 Å². The number of rotatable bonds is 6. The maximum absolute atomic E-state index is 11.8. The summed E-state index contributed by atoms with van der Waals surface area (Å²) >= 11 is 5.96. The number of nitrogens with zero attached hydrogens (tertiary/aromatic N) is 1. The maximum atomic E-state index is 11.8. The highest BCUT2D eigenvalue weighted by Crippen LogP contribution is 2.27. The van der Waals surface area contributed by atoms with E-state index in [4.69, 9.17) is 30.7 Å². The molecule has 1 unspecified atom stereocenters. The Labute approximate surface area is 144 Å². The molecule has 1 amide bonds. The van der Waals surface area contributed by atoms with E-state index in [-0.39, 0.29) is 19.1 Å². The van der Waals surface area contributed by atoms with Crippen molar-refractivity contribution in [1.29, 1.82) is 0 Å². The highest BCUT2D eigenvalue weighted by molar-refractivity contribution is 6.31. The molecule has 1 atom stereocenters. The minimum atomic E-state index is -0.603. The number of carbonyl (C=O) groups excluding carboxylic acids is 1. The summed E-state index contributed by atoms with van der Waals surface area (Å²) in [5.74, 6) is 0.279. The fraction of sp³-hybridized carbons (Fsp3) is 0.500. The third-order valence-electron chi connectivity index (χ3n) is 3.02. The molecule has 2 aromatic rings. The number of alkyl carbamates (subject to hydrolysis) is 1. The quantitative estimate of drug-likeness (QED) is 0.825. The number of aliphatic hydroxyl groups is 1. The molecule has 0 aliphatic heterocycles. The SMILES string of the molecule is CC(C)(C)OC(=O)NC(CCO)COc1noc2ccc(Cl)cc12. The molecule has 0 saturated heterocycles. The molecule has 1 heterocycles. The van der Waals surface area contributed by atoms with Crippen LogP contribution in [0.2, 0.25) is 5.02 Å². The predicted molar refractivity (Wildman–Crippen MR) is 89.4 cm³/mol. The van der Waals surface area contributed by atoms with Gasteiger partial charge in [0.15, 0.2) is 5.58 Å². The van der Waals surface area contributed by atoms with Crippen molar-refractivity contribution in [3.8, 4) is 5.88 Å². The molecule has 8 heteroatoms. The van der Waals surface area contributed by atoms with Crippen LogP contribution in [-0.4, -0.2) is 41.2 Å². The van der Waals surface area contributed by atoms with Crippen molar-refractivity contribution in [2.45, 2.75) is 38.8 Å². The van der Waals surface area contributed by atoms with E-state index in [1.54, 1.807) is 39.0 Å². The zero-order valence-electron chi connectivity index (χ0n) is 13.8. The Bertz CT molecular complexity index is 695. The van der Waals surface area contributed by atoms with Crippen molar-refractivity contribution in [2.24, 2.45) is 0 Å². The van der Waals surface area contributed by atoms with Crippen molar-refractivity contribution < 1.29 is 23.9 Å². The van der Waals surface area contributed by atoms with Gasteiger partial charge in [-0.05, 0) is 50.5 Å². The van der Waals surface area contributed by atoms with E-state index in [9.17, 15) is 4.79 Å². The standard InChI is InChI=1S/C16H21ClN2O5/c1-16(2,3)23-15(21)18-11(6-7-20)9-22-14-12-8-10(17)4-5-13(12)24-19-14/h4-5,8,11,20H,6-7,9H2,1-3H3,(H,18,21). The van der Waals surface area contributed by atoms with Crippen molar-refractivity contribution in [2.75, 3.05) is 13.2 Å². The number of aliphatic hydroxyl groups excluding tert-OH is 1. The number of halogens is 1. The molecule has 1 aromatic heterocycles. The Morgan fingerprint density at radius 3 is 2.88 bits per heavy atom. The summed E-state index contributed by atoms with van der Waals surface area (Å²) in [6.07, 6.45) is -0.256. The summed E-state index contributed by atoms with van der Waals surface area (Å²) in [5, 5.41) is 16.8. The third kappa shape index (κ3) is 5.28. The molecule has 7 nitrogen and oxygen atoms in total. The van der Waals surface area contributed by atoms with Crippen LogP contribution in [-0.2, 0) is 4.74 Å². The van der Waals surface area contributed by atoms with Gasteiger partial charge in [0.05, 0.1) is 11.4 Å². The van der Waals surface area contributed by atoms with E-state index in [0.29, 0.717) is 22.4 Å². The zero-order valence-corrected chi connectivity index (χ0v) is 14.6. The van der Waals surface area contributed by atoms with E-state index < -0.39 is 17.7 Å². The lowest BCUT2D eigenvalue weighted by molar-refractivity contribution is 0.0477. The van der Waals surface area contributed by atoms with E-state index in [0.717, 1.165) is 0 Å². The molecule has 132 valence electrons. The average molecular weight is 357 g/mol. The first-order valence-corrected chi connectivity index (χ1v) is 7.94. The van der Waals surface area contributed by atoms with Gasteiger partial charge in [-0.25, -0.2) is 4.79 Å². The summed E-state index contributed by atoms with van der Waals surface area (Å²) in [7, 11) is 0. The van der Waals surface area contributed by atoms with E-state index in [1.165, 1.54) is 0 Å². The molecule has 0 aliphatic carbocycles. The van der Waals surface area contributed by atoms with Gasteiger partial charge in [-0.15, -0.1) is 0 Å². The number of benzene rings is 1. The highest BCUT2D eigenvalue weighted by Gasteiger charge is 2.20. The number of hydrogen-bond donors (Lipinski definition) is 2. The van der Waals surface area contributed by atoms with Gasteiger partial charge in [0.25, 0.3) is 5.88 Å². The number of fused-ring (bicyclic) bond motifs is 1. The minimum Gasteiger partial charge on any atom is -0.473 e. The molecule has 0 radical (unpaired) electrons. The largest absolute Gasteiger partial charge is 0.473 e. The highest BCUT2D eigenvalue weighted by atomic mass is 35.5. The molecule has 0 aliphatic rings. The van der Waals surface area contributed by atoms with Crippen LogP contribution in [0, 0.1) is 0 Å². The van der Waals surface area contributed by atoms with Gasteiger partial charge in [-0.2, -0.15) is 0 Å². The number of nitrogens with one attached hydrogen (secondary N) is 1. The normalized spacial score (nSPS) is 12.9. The Morgan fingerprint density at radius 1 is 1.46 bits per heavy atom. The van der Waals surface area contributed by atoms with Crippen molar-refractivity contribution in [1.82, 2.24) is 10.5 Å². The predicted octanol–water partition coefficient (Wildman–Crippen LogP) is 3.14. The van der Waals surface area contributed by atoms with E-state index in [2.05, 4.69) is 10.5 Å². The number of ether oxygens (including phenoxy) is 2. The molecule has 0 fully saturated rings. The van der Waals surface area contributed by atoms with Crippen molar-refractivity contribution >= 4 is 28.7 Å². The van der Waals surface area contributed by atoms with Crippen LogP contribution in [0.25, 0.3) is 11.0 Å². The number of hydrogen-bond acceptors (Lipinski definition) is 6.